The molecule has 3 nitrogen and oxygen atoms in total. The van der Waals surface area contributed by atoms with Crippen LogP contribution in [0, 0.1) is 0 Å². The van der Waals surface area contributed by atoms with Gasteiger partial charge in [0, 0.05) is 18.8 Å². The van der Waals surface area contributed by atoms with Crippen molar-refractivity contribution in [3.63, 3.8) is 0 Å². The van der Waals surface area contributed by atoms with Crippen LogP contribution >= 0.6 is 47.8 Å². The van der Waals surface area contributed by atoms with Crippen molar-refractivity contribution in [1.29, 1.82) is 0 Å². The van der Waals surface area contributed by atoms with E-state index in [1.807, 2.05) is 42.5 Å². The highest BCUT2D eigenvalue weighted by Crippen LogP contribution is 2.40. The first-order valence-corrected chi connectivity index (χ1v) is 8.71. The van der Waals surface area contributed by atoms with Crippen molar-refractivity contribution in [3.8, 4) is 5.75 Å². The van der Waals surface area contributed by atoms with Crippen molar-refractivity contribution in [3.05, 3.63) is 61.9 Å². The summed E-state index contributed by atoms with van der Waals surface area (Å²) in [5.41, 5.74) is 1.12. The van der Waals surface area contributed by atoms with Crippen LogP contribution in [-0.4, -0.2) is 5.11 Å². The number of azo groups is 1. The molecule has 110 valence electrons. The molecule has 0 heterocycles. The maximum atomic E-state index is 10.1. The van der Waals surface area contributed by atoms with Gasteiger partial charge in [-0.3, -0.25) is 0 Å². The van der Waals surface area contributed by atoms with Gasteiger partial charge in [0.25, 0.3) is 0 Å². The molecule has 0 unspecified atom stereocenters. The molecular weight excluding hydrogens is 476 g/mol. The number of hydrogen-bond donors (Lipinski definition) is 1. The van der Waals surface area contributed by atoms with Crippen molar-refractivity contribution in [2.75, 3.05) is 0 Å². The largest absolute Gasteiger partial charge is 0.506 e. The molecule has 0 aliphatic rings. The summed E-state index contributed by atoms with van der Waals surface area (Å²) < 4.78 is 2.53. The van der Waals surface area contributed by atoms with E-state index in [-0.39, 0.29) is 5.75 Å². The fourth-order valence-corrected chi connectivity index (χ4v) is 4.50. The minimum atomic E-state index is 0.104. The van der Waals surface area contributed by atoms with Gasteiger partial charge in [0.2, 0.25) is 0 Å². The highest BCUT2D eigenvalue weighted by molar-refractivity contribution is 9.11. The number of hydrogen-bond acceptors (Lipinski definition) is 3. The second kappa shape index (κ2) is 6.48. The number of nitrogens with zero attached hydrogens (tertiary/aromatic N) is 2. The summed E-state index contributed by atoms with van der Waals surface area (Å²) in [6.45, 7) is 0. The number of halogens is 3. The Morgan fingerprint density at radius 1 is 0.773 bits per heavy atom. The monoisotopic (exact) mass is 482 g/mol. The molecule has 0 amide bonds. The third-order valence-electron chi connectivity index (χ3n) is 3.11. The number of benzene rings is 3. The molecule has 6 heteroatoms. The average molecular weight is 485 g/mol. The quantitative estimate of drug-likeness (QED) is 0.382. The molecule has 1 N–H and O–H groups in total. The third kappa shape index (κ3) is 3.09. The van der Waals surface area contributed by atoms with Gasteiger partial charge in [-0.25, -0.2) is 0 Å². The normalized spacial score (nSPS) is 11.4. The Morgan fingerprint density at radius 3 is 2.14 bits per heavy atom. The molecule has 0 aromatic heterocycles. The molecule has 0 aliphatic carbocycles. The summed E-state index contributed by atoms with van der Waals surface area (Å²) in [6, 6.07) is 15.0. The summed E-state index contributed by atoms with van der Waals surface area (Å²) in [5.74, 6) is 0.104. The van der Waals surface area contributed by atoms with E-state index in [1.54, 1.807) is 6.07 Å². The Labute approximate surface area is 152 Å². The van der Waals surface area contributed by atoms with Gasteiger partial charge in [-0.2, -0.15) is 0 Å². The Bertz CT molecular complexity index is 871. The van der Waals surface area contributed by atoms with Gasteiger partial charge in [-0.15, -0.1) is 10.2 Å². The molecule has 0 atom stereocenters. The molecule has 3 rings (SSSR count). The van der Waals surface area contributed by atoms with Crippen LogP contribution in [0.4, 0.5) is 11.4 Å². The van der Waals surface area contributed by atoms with E-state index in [9.17, 15) is 5.11 Å². The lowest BCUT2D eigenvalue weighted by atomic mass is 10.1. The molecule has 0 fully saturated rings. The maximum absolute atomic E-state index is 10.1. The van der Waals surface area contributed by atoms with Gasteiger partial charge < -0.3 is 5.11 Å². The van der Waals surface area contributed by atoms with E-state index < -0.39 is 0 Å². The van der Waals surface area contributed by atoms with Crippen LogP contribution in [0.25, 0.3) is 10.8 Å². The Morgan fingerprint density at radius 2 is 1.41 bits per heavy atom. The van der Waals surface area contributed by atoms with Crippen molar-refractivity contribution in [1.82, 2.24) is 0 Å². The molecule has 0 aliphatic heterocycles. The summed E-state index contributed by atoms with van der Waals surface area (Å²) in [7, 11) is 0. The lowest BCUT2D eigenvalue weighted by Gasteiger charge is -2.05. The minimum Gasteiger partial charge on any atom is -0.506 e. The first kappa shape index (κ1) is 15.6. The zero-order chi connectivity index (χ0) is 15.7. The summed E-state index contributed by atoms with van der Waals surface area (Å²) in [5, 5.41) is 20.5. The predicted octanol–water partition coefficient (Wildman–Crippen LogP) is 7.25. The van der Waals surface area contributed by atoms with Crippen molar-refractivity contribution >= 4 is 69.9 Å². The van der Waals surface area contributed by atoms with Crippen molar-refractivity contribution in [2.45, 2.75) is 0 Å². The summed E-state index contributed by atoms with van der Waals surface area (Å²) >= 11 is 10.3. The van der Waals surface area contributed by atoms with Gasteiger partial charge in [-0.1, -0.05) is 46.3 Å². The summed E-state index contributed by atoms with van der Waals surface area (Å²) in [4.78, 5) is 0. The first-order valence-electron chi connectivity index (χ1n) is 6.33. The molecule has 0 saturated carbocycles. The van der Waals surface area contributed by atoms with Gasteiger partial charge in [-0.05, 0) is 55.4 Å². The van der Waals surface area contributed by atoms with Gasteiger partial charge in [0.05, 0.1) is 0 Å². The van der Waals surface area contributed by atoms with Crippen molar-refractivity contribution < 1.29 is 5.11 Å². The van der Waals surface area contributed by atoms with E-state index in [0.29, 0.717) is 11.4 Å². The predicted molar refractivity (Wildman–Crippen MR) is 99.3 cm³/mol. The van der Waals surface area contributed by atoms with E-state index in [1.165, 1.54) is 0 Å². The van der Waals surface area contributed by atoms with Crippen LogP contribution in [0.15, 0.2) is 72.2 Å². The lowest BCUT2D eigenvalue weighted by Crippen LogP contribution is -1.76. The number of fused-ring (bicyclic) bond motifs is 1. The molecule has 0 bridgehead atoms. The van der Waals surface area contributed by atoms with E-state index in [4.69, 9.17) is 0 Å². The third-order valence-corrected chi connectivity index (χ3v) is 4.78. The number of aromatic hydroxyl groups is 1. The Balaban J connectivity index is 2.13. The fourth-order valence-electron chi connectivity index (χ4n) is 2.08. The fraction of sp³-hybridized carbons (Fsp3) is 0. The molecule has 3 aromatic rings. The van der Waals surface area contributed by atoms with Gasteiger partial charge in [0.15, 0.2) is 0 Å². The zero-order valence-electron chi connectivity index (χ0n) is 11.1. The number of phenolic OH excluding ortho intramolecular Hbond substituents is 1. The SMILES string of the molecule is Oc1ccc2ccccc2c1N=Nc1c(Br)cc(Br)cc1Br. The average Bonchev–Trinajstić information content (AvgIpc) is 2.48. The number of rotatable bonds is 2. The van der Waals surface area contributed by atoms with Gasteiger partial charge >= 0.3 is 0 Å². The molecule has 0 spiro atoms. The van der Waals surface area contributed by atoms with E-state index >= 15 is 0 Å². The second-order valence-electron chi connectivity index (χ2n) is 4.57. The van der Waals surface area contributed by atoms with E-state index in [2.05, 4.69) is 58.0 Å². The van der Waals surface area contributed by atoms with E-state index in [0.717, 1.165) is 24.2 Å². The highest BCUT2D eigenvalue weighted by atomic mass is 79.9. The molecular formula is C16H9Br3N2O. The van der Waals surface area contributed by atoms with Crippen LogP contribution in [0.5, 0.6) is 5.75 Å². The first-order chi connectivity index (χ1) is 10.6. The van der Waals surface area contributed by atoms with Crippen LogP contribution in [0.1, 0.15) is 0 Å². The minimum absolute atomic E-state index is 0.104. The van der Waals surface area contributed by atoms with Gasteiger partial charge in [0.1, 0.15) is 17.1 Å². The van der Waals surface area contributed by atoms with Crippen LogP contribution in [0.3, 0.4) is 0 Å². The van der Waals surface area contributed by atoms with Crippen LogP contribution in [-0.2, 0) is 0 Å². The number of phenols is 1. The summed E-state index contributed by atoms with van der Waals surface area (Å²) in [6.07, 6.45) is 0. The molecule has 3 aromatic carbocycles. The lowest BCUT2D eigenvalue weighted by molar-refractivity contribution is 0.477. The van der Waals surface area contributed by atoms with Crippen LogP contribution in [0.2, 0.25) is 0 Å². The smallest absolute Gasteiger partial charge is 0.143 e. The second-order valence-corrected chi connectivity index (χ2v) is 7.20. The Kier molecular flexibility index (Phi) is 4.61. The maximum Gasteiger partial charge on any atom is 0.143 e. The van der Waals surface area contributed by atoms with Crippen molar-refractivity contribution in [2.24, 2.45) is 10.2 Å². The molecule has 0 radical (unpaired) electrons. The highest BCUT2D eigenvalue weighted by Gasteiger charge is 2.09. The zero-order valence-corrected chi connectivity index (χ0v) is 15.9. The Hall–Kier alpha value is -1.24. The van der Waals surface area contributed by atoms with Crippen LogP contribution < -0.4 is 0 Å². The topological polar surface area (TPSA) is 45.0 Å². The molecule has 22 heavy (non-hydrogen) atoms. The standard InChI is InChI=1S/C16H9Br3N2O/c17-10-7-12(18)16(13(19)8-10)21-20-15-11-4-2-1-3-9(11)5-6-14(15)22/h1-8,22H. The molecule has 0 saturated heterocycles.